The van der Waals surface area contributed by atoms with Gasteiger partial charge in [0, 0.05) is 17.1 Å². The van der Waals surface area contributed by atoms with E-state index in [2.05, 4.69) is 23.4 Å². The highest BCUT2D eigenvalue weighted by Gasteiger charge is 2.48. The van der Waals surface area contributed by atoms with E-state index >= 15 is 0 Å². The van der Waals surface area contributed by atoms with Crippen LogP contribution in [0.25, 0.3) is 11.0 Å². The second-order valence-electron chi connectivity index (χ2n) is 5.49. The first-order valence-corrected chi connectivity index (χ1v) is 5.90. The number of aromatic nitrogens is 2. The molecule has 1 heterocycles. The van der Waals surface area contributed by atoms with Crippen LogP contribution in [0.4, 0.5) is 5.69 Å². The molecule has 0 saturated heterocycles. The number of imidazole rings is 1. The largest absolute Gasteiger partial charge is 0.399 e. The standard InChI is InChI=1S/C13H17N3O/c1-13(2)11(6-12(13)17)16-7-15-9-5-8(14)3-4-10(9)16/h3-5,7,11-12,17H,6,14H2,1-2H3. The van der Waals surface area contributed by atoms with Crippen molar-refractivity contribution in [2.24, 2.45) is 5.41 Å². The van der Waals surface area contributed by atoms with Gasteiger partial charge < -0.3 is 15.4 Å². The highest BCUT2D eigenvalue weighted by Crippen LogP contribution is 2.50. The molecule has 0 spiro atoms. The Balaban J connectivity index is 2.08. The number of nitrogen functional groups attached to an aromatic ring is 1. The SMILES string of the molecule is CC1(C)C(O)CC1n1cnc2cc(N)ccc21. The number of aliphatic hydroxyl groups excluding tert-OH is 1. The quantitative estimate of drug-likeness (QED) is 0.737. The topological polar surface area (TPSA) is 64.1 Å². The maximum absolute atomic E-state index is 9.81. The van der Waals surface area contributed by atoms with E-state index in [0.717, 1.165) is 23.1 Å². The summed E-state index contributed by atoms with van der Waals surface area (Å²) >= 11 is 0. The molecular formula is C13H17N3O. The fraction of sp³-hybridized carbons (Fsp3) is 0.462. The van der Waals surface area contributed by atoms with Crippen LogP contribution in [0.3, 0.4) is 0 Å². The van der Waals surface area contributed by atoms with Crippen molar-refractivity contribution in [3.63, 3.8) is 0 Å². The van der Waals surface area contributed by atoms with Gasteiger partial charge in [-0.15, -0.1) is 0 Å². The summed E-state index contributed by atoms with van der Waals surface area (Å²) in [5.41, 5.74) is 8.39. The third-order valence-corrected chi connectivity index (χ3v) is 4.10. The Hall–Kier alpha value is -1.55. The van der Waals surface area contributed by atoms with Crippen molar-refractivity contribution in [1.82, 2.24) is 9.55 Å². The van der Waals surface area contributed by atoms with Crippen LogP contribution in [0.15, 0.2) is 24.5 Å². The minimum atomic E-state index is -0.223. The molecule has 1 saturated carbocycles. The van der Waals surface area contributed by atoms with Gasteiger partial charge in [-0.3, -0.25) is 0 Å². The molecule has 4 heteroatoms. The predicted octanol–water partition coefficient (Wildman–Crippen LogP) is 1.95. The van der Waals surface area contributed by atoms with Crippen molar-refractivity contribution in [1.29, 1.82) is 0 Å². The molecular weight excluding hydrogens is 214 g/mol. The van der Waals surface area contributed by atoms with Gasteiger partial charge in [0.2, 0.25) is 0 Å². The highest BCUT2D eigenvalue weighted by atomic mass is 16.3. The second-order valence-corrected chi connectivity index (χ2v) is 5.49. The molecule has 3 rings (SSSR count). The molecule has 2 aromatic rings. The average molecular weight is 231 g/mol. The zero-order valence-corrected chi connectivity index (χ0v) is 10.1. The third-order valence-electron chi connectivity index (χ3n) is 4.10. The first-order valence-electron chi connectivity index (χ1n) is 5.90. The summed E-state index contributed by atoms with van der Waals surface area (Å²) in [4.78, 5) is 4.37. The van der Waals surface area contributed by atoms with Crippen molar-refractivity contribution < 1.29 is 5.11 Å². The van der Waals surface area contributed by atoms with E-state index in [9.17, 15) is 5.11 Å². The van der Waals surface area contributed by atoms with Crippen molar-refractivity contribution in [3.8, 4) is 0 Å². The third kappa shape index (κ3) is 1.37. The van der Waals surface area contributed by atoms with Gasteiger partial charge >= 0.3 is 0 Å². The van der Waals surface area contributed by atoms with Gasteiger partial charge in [-0.2, -0.15) is 0 Å². The van der Waals surface area contributed by atoms with E-state index in [-0.39, 0.29) is 11.5 Å². The first kappa shape index (κ1) is 10.6. The zero-order valence-electron chi connectivity index (χ0n) is 10.1. The number of rotatable bonds is 1. The second kappa shape index (κ2) is 3.23. The molecule has 4 nitrogen and oxygen atoms in total. The molecule has 0 bridgehead atoms. The predicted molar refractivity (Wildman–Crippen MR) is 67.6 cm³/mol. The highest BCUT2D eigenvalue weighted by molar-refractivity contribution is 5.79. The summed E-state index contributed by atoms with van der Waals surface area (Å²) in [5.74, 6) is 0. The summed E-state index contributed by atoms with van der Waals surface area (Å²) in [7, 11) is 0. The molecule has 1 fully saturated rings. The number of fused-ring (bicyclic) bond motifs is 1. The van der Waals surface area contributed by atoms with Crippen molar-refractivity contribution in [3.05, 3.63) is 24.5 Å². The van der Waals surface area contributed by atoms with Crippen molar-refractivity contribution in [2.45, 2.75) is 32.4 Å². The van der Waals surface area contributed by atoms with Crippen LogP contribution in [-0.4, -0.2) is 20.8 Å². The number of benzene rings is 1. The number of hydrogen-bond donors (Lipinski definition) is 2. The zero-order chi connectivity index (χ0) is 12.2. The van der Waals surface area contributed by atoms with Crippen molar-refractivity contribution in [2.75, 3.05) is 5.73 Å². The lowest BCUT2D eigenvalue weighted by molar-refractivity contribution is -0.0878. The normalized spacial score (nSPS) is 27.0. The van der Waals surface area contributed by atoms with Crippen LogP contribution in [-0.2, 0) is 0 Å². The van der Waals surface area contributed by atoms with Gasteiger partial charge in [0.25, 0.3) is 0 Å². The van der Waals surface area contributed by atoms with Gasteiger partial charge in [-0.05, 0) is 24.6 Å². The minimum Gasteiger partial charge on any atom is -0.399 e. The average Bonchev–Trinajstić information content (AvgIpc) is 2.68. The van der Waals surface area contributed by atoms with Gasteiger partial charge in [-0.1, -0.05) is 13.8 Å². The summed E-state index contributed by atoms with van der Waals surface area (Å²) in [6, 6.07) is 6.08. The number of hydrogen-bond acceptors (Lipinski definition) is 3. The molecule has 2 atom stereocenters. The van der Waals surface area contributed by atoms with Gasteiger partial charge in [0.05, 0.1) is 23.5 Å². The van der Waals surface area contributed by atoms with Crippen LogP contribution < -0.4 is 5.73 Å². The summed E-state index contributed by atoms with van der Waals surface area (Å²) < 4.78 is 2.15. The molecule has 1 aliphatic rings. The lowest BCUT2D eigenvalue weighted by atomic mass is 9.64. The Labute approximate surface area is 100 Å². The van der Waals surface area contributed by atoms with E-state index in [1.807, 2.05) is 24.5 Å². The minimum absolute atomic E-state index is 0.0883. The molecule has 1 aliphatic carbocycles. The molecule has 3 N–H and O–H groups in total. The lowest BCUT2D eigenvalue weighted by Gasteiger charge is -2.49. The summed E-state index contributed by atoms with van der Waals surface area (Å²) in [5, 5.41) is 9.81. The molecule has 1 aromatic heterocycles. The molecule has 17 heavy (non-hydrogen) atoms. The van der Waals surface area contributed by atoms with Crippen LogP contribution in [0.1, 0.15) is 26.3 Å². The molecule has 2 unspecified atom stereocenters. The number of aliphatic hydroxyl groups is 1. The van der Waals surface area contributed by atoms with E-state index < -0.39 is 0 Å². The van der Waals surface area contributed by atoms with E-state index in [1.165, 1.54) is 0 Å². The molecule has 0 aliphatic heterocycles. The Morgan fingerprint density at radius 1 is 1.47 bits per heavy atom. The molecule has 1 aromatic carbocycles. The molecule has 0 radical (unpaired) electrons. The maximum Gasteiger partial charge on any atom is 0.0961 e. The maximum atomic E-state index is 9.81. The summed E-state index contributed by atoms with van der Waals surface area (Å²) in [6.45, 7) is 4.18. The fourth-order valence-corrected chi connectivity index (χ4v) is 2.65. The van der Waals surface area contributed by atoms with Gasteiger partial charge in [0.15, 0.2) is 0 Å². The Morgan fingerprint density at radius 2 is 2.24 bits per heavy atom. The van der Waals surface area contributed by atoms with Gasteiger partial charge in [0.1, 0.15) is 0 Å². The summed E-state index contributed by atoms with van der Waals surface area (Å²) in [6.07, 6.45) is 2.42. The van der Waals surface area contributed by atoms with Gasteiger partial charge in [-0.25, -0.2) is 4.98 Å². The van der Waals surface area contributed by atoms with E-state index in [1.54, 1.807) is 0 Å². The van der Waals surface area contributed by atoms with Crippen molar-refractivity contribution >= 4 is 16.7 Å². The van der Waals surface area contributed by atoms with Crippen LogP contribution in [0.5, 0.6) is 0 Å². The lowest BCUT2D eigenvalue weighted by Crippen LogP contribution is -2.49. The van der Waals surface area contributed by atoms with E-state index in [4.69, 9.17) is 5.73 Å². The molecule has 90 valence electrons. The fourth-order valence-electron chi connectivity index (χ4n) is 2.65. The van der Waals surface area contributed by atoms with Crippen LogP contribution >= 0.6 is 0 Å². The number of nitrogens with zero attached hydrogens (tertiary/aromatic N) is 2. The smallest absolute Gasteiger partial charge is 0.0961 e. The first-order chi connectivity index (χ1) is 8.00. The number of anilines is 1. The Morgan fingerprint density at radius 3 is 2.88 bits per heavy atom. The van der Waals surface area contributed by atoms with Crippen LogP contribution in [0, 0.1) is 5.41 Å². The van der Waals surface area contributed by atoms with Crippen LogP contribution in [0.2, 0.25) is 0 Å². The monoisotopic (exact) mass is 231 g/mol. The Bertz CT molecular complexity index is 573. The number of nitrogens with two attached hydrogens (primary N) is 1. The molecule has 0 amide bonds. The van der Waals surface area contributed by atoms with E-state index in [0.29, 0.717) is 6.04 Å². The Kier molecular flexibility index (Phi) is 2.01.